The van der Waals surface area contributed by atoms with Crippen molar-refractivity contribution in [3.05, 3.63) is 41.6 Å². The van der Waals surface area contributed by atoms with Crippen LogP contribution in [0.5, 0.6) is 0 Å². The van der Waals surface area contributed by atoms with E-state index in [0.717, 1.165) is 4.90 Å². The van der Waals surface area contributed by atoms with E-state index in [0.29, 0.717) is 30.4 Å². The van der Waals surface area contributed by atoms with Crippen LogP contribution in [0.25, 0.3) is 0 Å². The van der Waals surface area contributed by atoms with Crippen LogP contribution in [0.4, 0.5) is 0 Å². The zero-order chi connectivity index (χ0) is 46.9. The predicted molar refractivity (Wildman–Crippen MR) is 234 cm³/mol. The third kappa shape index (κ3) is 18.2. The number of nitrogens with one attached hydrogen (secondary N) is 3. The van der Waals surface area contributed by atoms with Gasteiger partial charge in [-0.05, 0) is 48.6 Å². The fourth-order valence-corrected chi connectivity index (χ4v) is 8.21. The van der Waals surface area contributed by atoms with Crippen LogP contribution >= 0.6 is 11.8 Å². The SMILES string of the molecule is CC[C@H](C)[C@H](CC(=O)[C@H](CCSC)NC(=O)c1cccc(CNC(=O)CN2CCN(CC(=O)O)CCN(CC(=O)O)CCN3CC(=O)O[C-]3C2)c1)C(=O)NCCN1C(=O)CC(C)C1=O.[Gd]. The van der Waals surface area contributed by atoms with Crippen LogP contribution in [0.3, 0.4) is 0 Å². The zero-order valence-corrected chi connectivity index (χ0v) is 40.6. The van der Waals surface area contributed by atoms with E-state index in [-0.39, 0.29) is 185 Å². The second-order valence-electron chi connectivity index (χ2n) is 16.6. The molecule has 5 N–H and O–H groups in total. The predicted octanol–water partition coefficient (Wildman–Crippen LogP) is -0.276. The topological polar surface area (TPSA) is 256 Å². The molecule has 5 amide bonds. The normalized spacial score (nSPS) is 19.7. The Morgan fingerprint density at radius 2 is 1.57 bits per heavy atom. The van der Waals surface area contributed by atoms with Crippen LogP contribution < -0.4 is 16.0 Å². The van der Waals surface area contributed by atoms with Gasteiger partial charge in [0.1, 0.15) is 0 Å². The minimum absolute atomic E-state index is 0. The number of carboxylic acids is 2. The molecule has 0 aromatic heterocycles. The molecule has 0 radical (unpaired) electrons. The molecule has 22 heteroatoms. The van der Waals surface area contributed by atoms with Crippen LogP contribution in [-0.2, 0) is 49.6 Å². The van der Waals surface area contributed by atoms with Crippen LogP contribution in [0.1, 0.15) is 62.4 Å². The van der Waals surface area contributed by atoms with E-state index in [9.17, 15) is 53.4 Å². The number of amides is 5. The third-order valence-electron chi connectivity index (χ3n) is 11.7. The summed E-state index contributed by atoms with van der Waals surface area (Å²) in [6.45, 7) is 6.58. The minimum Gasteiger partial charge on any atom is -0.617 e. The summed E-state index contributed by atoms with van der Waals surface area (Å²) in [7, 11) is 0. The van der Waals surface area contributed by atoms with Crippen LogP contribution in [0.15, 0.2) is 24.3 Å². The van der Waals surface area contributed by atoms with Crippen molar-refractivity contribution >= 4 is 65.0 Å². The second-order valence-corrected chi connectivity index (χ2v) is 17.6. The number of likely N-dealkylation sites (tertiary alicyclic amines) is 1. The van der Waals surface area contributed by atoms with Gasteiger partial charge in [-0.15, -0.1) is 0 Å². The van der Waals surface area contributed by atoms with E-state index in [4.69, 9.17) is 4.74 Å². The molecule has 3 saturated heterocycles. The second kappa shape index (κ2) is 27.9. The molecule has 3 aliphatic rings. The van der Waals surface area contributed by atoms with Gasteiger partial charge in [-0.1, -0.05) is 52.1 Å². The molecule has 3 aliphatic heterocycles. The summed E-state index contributed by atoms with van der Waals surface area (Å²) in [6, 6.07) is 5.71. The summed E-state index contributed by atoms with van der Waals surface area (Å²) < 4.78 is 5.49. The molecular formula is C43H63GdN8O12S-. The first kappa shape index (κ1) is 55.7. The monoisotopic (exact) mass is 1070 g/mol. The number of hydrogen-bond acceptors (Lipinski definition) is 15. The van der Waals surface area contributed by atoms with Gasteiger partial charge in [-0.2, -0.15) is 11.8 Å². The van der Waals surface area contributed by atoms with E-state index in [1.165, 1.54) is 11.8 Å². The Bertz CT molecular complexity index is 1860. The van der Waals surface area contributed by atoms with E-state index in [1.807, 2.05) is 20.1 Å². The van der Waals surface area contributed by atoms with Gasteiger partial charge in [0.15, 0.2) is 5.78 Å². The molecular weight excluding hydrogens is 1010 g/mol. The molecule has 362 valence electrons. The molecule has 0 spiro atoms. The van der Waals surface area contributed by atoms with E-state index in [2.05, 4.69) is 16.0 Å². The number of hydrogen-bond donors (Lipinski definition) is 5. The van der Waals surface area contributed by atoms with Crippen molar-refractivity contribution in [2.45, 2.75) is 59.0 Å². The molecule has 4 rings (SSSR count). The number of rotatable bonds is 22. The number of thioether (sulfide) groups is 1. The standard InChI is InChI=1S/C43H63N8O12S.Gd/c1-5-28(2)32(42(61)44-10-11-51-36(54)19-29(3)43(51)62)21-34(52)33(9-18-64-4)46-41(60)31-8-6-7-30(20-31)22-45-35(53)23-49-15-14-47(25-38(55)56)12-13-48(26-39(57)58)16-17-50-27-40(59)63-37(50)24-49;/h6-8,20,28-29,32-33H,5,9-19,21-27H2,1-4H3,(H,44,61)(H,45,53)(H,46,60)(H,55,56)(H,57,58);/q-1;/t28-,29?,32-,33-;/m0./s1. The summed E-state index contributed by atoms with van der Waals surface area (Å²) in [5.41, 5.74) is 0.860. The van der Waals surface area contributed by atoms with E-state index in [1.54, 1.807) is 50.8 Å². The summed E-state index contributed by atoms with van der Waals surface area (Å²) in [6.07, 6.45) is 3.16. The van der Waals surface area contributed by atoms with Crippen molar-refractivity contribution < 1.29 is 98.0 Å². The average Bonchev–Trinajstić information content (AvgIpc) is 3.72. The maximum absolute atomic E-state index is 13.8. The zero-order valence-electron chi connectivity index (χ0n) is 37.5. The van der Waals surface area contributed by atoms with Crippen molar-refractivity contribution in [2.75, 3.05) is 97.1 Å². The van der Waals surface area contributed by atoms with Crippen LogP contribution in [-0.4, -0.2) is 191 Å². The number of carboxylic acid groups (broad SMARTS) is 2. The number of aliphatic carboxylic acids is 2. The summed E-state index contributed by atoms with van der Waals surface area (Å²) >= 11 is 1.51. The van der Waals surface area contributed by atoms with Crippen molar-refractivity contribution in [3.8, 4) is 0 Å². The molecule has 1 aromatic carbocycles. The van der Waals surface area contributed by atoms with Crippen molar-refractivity contribution in [3.63, 3.8) is 0 Å². The van der Waals surface area contributed by atoms with Gasteiger partial charge in [0.25, 0.3) is 11.9 Å². The number of benzene rings is 1. The van der Waals surface area contributed by atoms with Gasteiger partial charge >= 0.3 is 11.9 Å². The summed E-state index contributed by atoms with van der Waals surface area (Å²) in [5, 5.41) is 27.5. The Morgan fingerprint density at radius 1 is 0.923 bits per heavy atom. The maximum atomic E-state index is 13.8. The quantitative estimate of drug-likeness (QED) is 0.0569. The smallest absolute Gasteiger partial charge is 0.317 e. The summed E-state index contributed by atoms with van der Waals surface area (Å²) in [5.74, 6) is -5.36. The first-order valence-corrected chi connectivity index (χ1v) is 23.1. The molecule has 0 bridgehead atoms. The number of ketones is 1. The Hall–Kier alpha value is -3.64. The number of imide groups is 1. The molecule has 65 heavy (non-hydrogen) atoms. The molecule has 3 heterocycles. The summed E-state index contributed by atoms with van der Waals surface area (Å²) in [4.78, 5) is 122. The third-order valence-corrected chi connectivity index (χ3v) is 12.3. The van der Waals surface area contributed by atoms with Gasteiger partial charge in [0.05, 0.1) is 32.2 Å². The minimum atomic E-state index is -1.06. The Kier molecular flexibility index (Phi) is 23.9. The van der Waals surface area contributed by atoms with Crippen molar-refractivity contribution in [1.82, 2.24) is 40.4 Å². The van der Waals surface area contributed by atoms with Gasteiger partial charge in [-0.3, -0.25) is 57.9 Å². The van der Waals surface area contributed by atoms with Crippen LogP contribution in [0, 0.1) is 63.9 Å². The van der Waals surface area contributed by atoms with Gasteiger partial charge < -0.3 is 40.7 Å². The molecule has 20 nitrogen and oxygen atoms in total. The molecule has 1 unspecified atom stereocenters. The maximum Gasteiger partial charge on any atom is 0.317 e. The van der Waals surface area contributed by atoms with Crippen LogP contribution in [0.2, 0.25) is 0 Å². The Labute approximate surface area is 416 Å². The molecule has 1 aromatic rings. The van der Waals surface area contributed by atoms with Crippen molar-refractivity contribution in [2.24, 2.45) is 17.8 Å². The fraction of sp³-hybridized carbons (Fsp3) is 0.628. The number of carbonyl (C=O) groups excluding carboxylic acids is 7. The number of nitrogens with zero attached hydrogens (tertiary/aromatic N) is 5. The number of esters is 1. The molecule has 3 fully saturated rings. The first-order valence-electron chi connectivity index (χ1n) is 21.7. The molecule has 0 aliphatic carbocycles. The van der Waals surface area contributed by atoms with Gasteiger partial charge in [0, 0.05) is 123 Å². The van der Waals surface area contributed by atoms with E-state index < -0.39 is 41.7 Å². The molecule has 4 atom stereocenters. The van der Waals surface area contributed by atoms with Crippen molar-refractivity contribution in [1.29, 1.82) is 0 Å². The molecule has 0 saturated carbocycles. The average molecular weight is 1070 g/mol. The Balaban J connectivity index is 0.0000112. The number of carbonyl (C=O) groups is 9. The Morgan fingerprint density at radius 3 is 2.17 bits per heavy atom. The van der Waals surface area contributed by atoms with Gasteiger partial charge in [0.2, 0.25) is 23.6 Å². The number of fused-ring (bicyclic) bond motifs is 1. The first-order chi connectivity index (χ1) is 30.5. The van der Waals surface area contributed by atoms with Gasteiger partial charge in [-0.25, -0.2) is 0 Å². The largest absolute Gasteiger partial charge is 0.617 e. The number of ether oxygens (including phenoxy) is 1. The fourth-order valence-electron chi connectivity index (χ4n) is 7.74. The number of Topliss-reactive ketones (excluding diaryl/α,β-unsaturated/α-hetero) is 1. The van der Waals surface area contributed by atoms with E-state index >= 15 is 0 Å².